The average Bonchev–Trinajstić information content (AvgIpc) is 3.57. The second-order valence-corrected chi connectivity index (χ2v) is 13.3. The summed E-state index contributed by atoms with van der Waals surface area (Å²) in [5.74, 6) is 0.191. The summed E-state index contributed by atoms with van der Waals surface area (Å²) in [7, 11) is -2.30. The van der Waals surface area contributed by atoms with E-state index in [9.17, 15) is 9.59 Å². The Morgan fingerprint density at radius 3 is 1.89 bits per heavy atom. The first-order chi connectivity index (χ1) is 18.2. The first-order valence-corrected chi connectivity index (χ1v) is 14.9. The Kier molecular flexibility index (Phi) is 9.40. The molecule has 3 aromatic carbocycles. The van der Waals surface area contributed by atoms with E-state index in [0.717, 1.165) is 19.3 Å². The minimum absolute atomic E-state index is 0. The molecule has 2 aliphatic rings. The van der Waals surface area contributed by atoms with Crippen molar-refractivity contribution >= 4 is 35.2 Å². The maximum atomic E-state index is 14.3. The largest absolute Gasteiger partial charge is 1.00 e. The monoisotopic (exact) mass is 592 g/mol. The Hall–Kier alpha value is -2.95. The molecule has 5 rings (SSSR count). The Morgan fingerprint density at radius 1 is 0.868 bits per heavy atom. The van der Waals surface area contributed by atoms with Gasteiger partial charge in [0, 0.05) is 26.1 Å². The number of carbonyl (C=O) groups is 2. The van der Waals surface area contributed by atoms with Gasteiger partial charge in [0.25, 0.3) is 5.91 Å². The Labute approximate surface area is 236 Å². The standard InChI is InChI=1S/C31H34N2O3P.BrH/c1-2-23-36-31(35)33-21-12-13-25(33)24-32-22-20-29(30(32)34)37(26-14-6-3-7-15-26,27-16-8-4-9-17-27)28-18-10-5-11-19-28;/h2-11,14-19,25,29H,1,12-13,20-24H2;1H/q+1;/p-1/t25-,29-;/m0./s1. The molecule has 3 aromatic rings. The van der Waals surface area contributed by atoms with Crippen LogP contribution in [-0.4, -0.2) is 59.7 Å². The number of rotatable bonds is 8. The lowest BCUT2D eigenvalue weighted by Gasteiger charge is -2.32. The zero-order valence-corrected chi connectivity index (χ0v) is 24.0. The summed E-state index contributed by atoms with van der Waals surface area (Å²) >= 11 is 0. The second kappa shape index (κ2) is 12.7. The lowest BCUT2D eigenvalue weighted by Crippen LogP contribution is -3.00. The molecule has 0 spiro atoms. The van der Waals surface area contributed by atoms with Gasteiger partial charge in [0.05, 0.1) is 6.04 Å². The van der Waals surface area contributed by atoms with Gasteiger partial charge in [-0.05, 0) is 49.2 Å². The minimum atomic E-state index is -2.30. The SMILES string of the molecule is C=CCOC(=O)N1CCC[C@H]1CN1CC[C@H]([P+](c2ccccc2)(c2ccccc2)c2ccccc2)C1=O.[Br-]. The van der Waals surface area contributed by atoms with Crippen molar-refractivity contribution in [3.63, 3.8) is 0 Å². The van der Waals surface area contributed by atoms with E-state index in [4.69, 9.17) is 4.74 Å². The topological polar surface area (TPSA) is 49.9 Å². The molecule has 2 atom stereocenters. The van der Waals surface area contributed by atoms with Gasteiger partial charge in [-0.2, -0.15) is 0 Å². The number of likely N-dealkylation sites (tertiary alicyclic amines) is 2. The maximum absolute atomic E-state index is 14.3. The molecule has 2 amide bonds. The van der Waals surface area contributed by atoms with Crippen LogP contribution in [-0.2, 0) is 9.53 Å². The highest BCUT2D eigenvalue weighted by Gasteiger charge is 2.58. The van der Waals surface area contributed by atoms with Crippen LogP contribution in [0.4, 0.5) is 4.79 Å². The summed E-state index contributed by atoms with van der Waals surface area (Å²) in [6.07, 6.45) is 3.86. The molecule has 5 nitrogen and oxygen atoms in total. The summed E-state index contributed by atoms with van der Waals surface area (Å²) in [5.41, 5.74) is -0.151. The van der Waals surface area contributed by atoms with Crippen LogP contribution in [0.5, 0.6) is 0 Å². The van der Waals surface area contributed by atoms with Crippen molar-refractivity contribution in [1.82, 2.24) is 9.80 Å². The molecule has 0 saturated carbocycles. The van der Waals surface area contributed by atoms with Crippen LogP contribution >= 0.6 is 7.26 Å². The van der Waals surface area contributed by atoms with Crippen molar-refractivity contribution in [2.45, 2.75) is 31.0 Å². The highest BCUT2D eigenvalue weighted by molar-refractivity contribution is 7.96. The third-order valence-corrected chi connectivity index (χ3v) is 12.3. The van der Waals surface area contributed by atoms with Crippen molar-refractivity contribution in [3.05, 3.63) is 104 Å². The molecular formula is C31H34BrN2O3P. The molecule has 7 heteroatoms. The van der Waals surface area contributed by atoms with Crippen LogP contribution in [0.25, 0.3) is 0 Å². The predicted octanol–water partition coefficient (Wildman–Crippen LogP) is 1.37. The number of hydrogen-bond donors (Lipinski definition) is 0. The zero-order valence-electron chi connectivity index (χ0n) is 21.5. The number of amides is 2. The second-order valence-electron chi connectivity index (χ2n) is 9.67. The molecule has 0 bridgehead atoms. The molecule has 0 N–H and O–H groups in total. The molecule has 2 aliphatic heterocycles. The van der Waals surface area contributed by atoms with E-state index in [1.54, 1.807) is 11.0 Å². The van der Waals surface area contributed by atoms with Crippen molar-refractivity contribution < 1.29 is 31.3 Å². The fourth-order valence-electron chi connectivity index (χ4n) is 5.97. The third-order valence-electron chi connectivity index (χ3n) is 7.59. The van der Waals surface area contributed by atoms with Gasteiger partial charge in [-0.1, -0.05) is 67.3 Å². The normalized spacial score (nSPS) is 19.2. The van der Waals surface area contributed by atoms with Crippen molar-refractivity contribution in [1.29, 1.82) is 0 Å². The van der Waals surface area contributed by atoms with E-state index >= 15 is 0 Å². The highest BCUT2D eigenvalue weighted by atomic mass is 79.9. The molecular weight excluding hydrogens is 559 g/mol. The summed E-state index contributed by atoms with van der Waals surface area (Å²) in [5, 5.41) is 3.68. The van der Waals surface area contributed by atoms with Crippen LogP contribution in [0, 0.1) is 0 Å². The number of nitrogens with zero attached hydrogens (tertiary/aromatic N) is 2. The fraction of sp³-hybridized carbons (Fsp3) is 0.290. The predicted molar refractivity (Wildman–Crippen MR) is 151 cm³/mol. The number of carbonyl (C=O) groups excluding carboxylic acids is 2. The molecule has 0 unspecified atom stereocenters. The number of halogens is 1. The highest BCUT2D eigenvalue weighted by Crippen LogP contribution is 2.62. The van der Waals surface area contributed by atoms with Crippen molar-refractivity contribution in [3.8, 4) is 0 Å². The van der Waals surface area contributed by atoms with Gasteiger partial charge in [-0.3, -0.25) is 4.79 Å². The Bertz CT molecular complexity index is 1130. The summed E-state index contributed by atoms with van der Waals surface area (Å²) in [6.45, 7) is 5.75. The molecule has 2 fully saturated rings. The number of ether oxygens (including phenoxy) is 1. The number of hydrogen-bond acceptors (Lipinski definition) is 3. The van der Waals surface area contributed by atoms with Crippen molar-refractivity contribution in [2.24, 2.45) is 0 Å². The summed E-state index contributed by atoms with van der Waals surface area (Å²) in [6, 6.07) is 31.7. The van der Waals surface area contributed by atoms with Crippen LogP contribution in [0.2, 0.25) is 0 Å². The molecule has 2 saturated heterocycles. The molecule has 198 valence electrons. The van der Waals surface area contributed by atoms with E-state index in [-0.39, 0.29) is 47.3 Å². The van der Waals surface area contributed by atoms with Crippen molar-refractivity contribution in [2.75, 3.05) is 26.2 Å². The van der Waals surface area contributed by atoms with Gasteiger partial charge in [-0.15, -0.1) is 0 Å². The maximum Gasteiger partial charge on any atom is 0.410 e. The first-order valence-electron chi connectivity index (χ1n) is 13.0. The van der Waals surface area contributed by atoms with Gasteiger partial charge in [0.15, 0.2) is 5.66 Å². The molecule has 0 radical (unpaired) electrons. The van der Waals surface area contributed by atoms with E-state index in [2.05, 4.69) is 79.4 Å². The Balaban J connectivity index is 0.00000336. The molecule has 0 aromatic heterocycles. The minimum Gasteiger partial charge on any atom is -1.00 e. The fourth-order valence-corrected chi connectivity index (χ4v) is 10.9. The van der Waals surface area contributed by atoms with Crippen LogP contribution < -0.4 is 32.9 Å². The van der Waals surface area contributed by atoms with Gasteiger partial charge in [-0.25, -0.2) is 4.79 Å². The van der Waals surface area contributed by atoms with Gasteiger partial charge < -0.3 is 31.5 Å². The van der Waals surface area contributed by atoms with Crippen LogP contribution in [0.15, 0.2) is 104 Å². The quantitative estimate of drug-likeness (QED) is 0.293. The Morgan fingerprint density at radius 2 is 1.39 bits per heavy atom. The molecule has 38 heavy (non-hydrogen) atoms. The smallest absolute Gasteiger partial charge is 0.410 e. The van der Waals surface area contributed by atoms with Gasteiger partial charge in [0.2, 0.25) is 0 Å². The van der Waals surface area contributed by atoms with Crippen LogP contribution in [0.1, 0.15) is 19.3 Å². The molecule has 2 heterocycles. The van der Waals surface area contributed by atoms with Gasteiger partial charge in [0.1, 0.15) is 29.8 Å². The average molecular weight is 594 g/mol. The van der Waals surface area contributed by atoms with E-state index in [1.165, 1.54) is 15.9 Å². The molecule has 0 aliphatic carbocycles. The van der Waals surface area contributed by atoms with E-state index in [1.807, 2.05) is 23.1 Å². The third kappa shape index (κ3) is 5.30. The van der Waals surface area contributed by atoms with Gasteiger partial charge >= 0.3 is 6.09 Å². The van der Waals surface area contributed by atoms with E-state index in [0.29, 0.717) is 19.6 Å². The van der Waals surface area contributed by atoms with E-state index < -0.39 is 7.26 Å². The zero-order chi connectivity index (χ0) is 25.7. The lowest BCUT2D eigenvalue weighted by atomic mass is 10.2. The summed E-state index contributed by atoms with van der Waals surface area (Å²) in [4.78, 5) is 30.7. The first kappa shape index (κ1) is 28.1. The summed E-state index contributed by atoms with van der Waals surface area (Å²) < 4.78 is 5.32. The lowest BCUT2D eigenvalue weighted by molar-refractivity contribution is -0.127. The number of benzene rings is 3. The van der Waals surface area contributed by atoms with Crippen LogP contribution in [0.3, 0.4) is 0 Å².